The zero-order valence-electron chi connectivity index (χ0n) is 20.2. The molecule has 0 saturated heterocycles. The van der Waals surface area contributed by atoms with Crippen LogP contribution in [0, 0.1) is 5.82 Å². The minimum absolute atomic E-state index is 0.0375. The molecule has 0 unspecified atom stereocenters. The summed E-state index contributed by atoms with van der Waals surface area (Å²) < 4.78 is 91.3. The van der Waals surface area contributed by atoms with Crippen LogP contribution in [0.15, 0.2) is 47.4 Å². The van der Waals surface area contributed by atoms with E-state index in [2.05, 4.69) is 15.4 Å². The summed E-state index contributed by atoms with van der Waals surface area (Å²) in [4.78, 5) is 23.4. The first kappa shape index (κ1) is 28.0. The minimum atomic E-state index is -4.83. The van der Waals surface area contributed by atoms with Gasteiger partial charge in [-0.1, -0.05) is 0 Å². The molecule has 0 aliphatic carbocycles. The summed E-state index contributed by atoms with van der Waals surface area (Å²) in [5, 5.41) is 4.73. The first-order chi connectivity index (χ1) is 17.0. The van der Waals surface area contributed by atoms with Gasteiger partial charge in [-0.25, -0.2) is 17.6 Å². The molecular formula is C23H25F4N3O6S. The number of fused-ring (bicyclic) bond motifs is 1. The number of rotatable bonds is 6. The number of hydrogen-bond donors (Lipinski definition) is 2. The number of carbonyl (C=O) groups is 2. The molecule has 14 heteroatoms. The van der Waals surface area contributed by atoms with Crippen molar-refractivity contribution >= 4 is 33.4 Å². The van der Waals surface area contributed by atoms with Gasteiger partial charge in [0.15, 0.2) is 0 Å². The molecule has 1 aliphatic rings. The highest BCUT2D eigenvalue weighted by atomic mass is 32.2. The monoisotopic (exact) mass is 547 g/mol. The molecule has 9 nitrogen and oxygen atoms in total. The molecule has 2 aromatic rings. The molecule has 1 heterocycles. The molecule has 3 rings (SSSR count). The van der Waals surface area contributed by atoms with E-state index in [1.54, 1.807) is 0 Å². The lowest BCUT2D eigenvalue weighted by atomic mass is 10.1. The largest absolute Gasteiger partial charge is 0.484 e. The van der Waals surface area contributed by atoms with Gasteiger partial charge in [0.1, 0.15) is 17.7 Å². The fraction of sp³-hybridized carbons (Fsp3) is 0.391. The topological polar surface area (TPSA) is 114 Å². The Morgan fingerprint density at radius 2 is 1.73 bits per heavy atom. The smallest absolute Gasteiger partial charge is 0.427 e. The van der Waals surface area contributed by atoms with Gasteiger partial charge in [-0.3, -0.25) is 14.4 Å². The van der Waals surface area contributed by atoms with Crippen molar-refractivity contribution in [1.82, 2.24) is 5.32 Å². The fourth-order valence-electron chi connectivity index (χ4n) is 3.46. The number of anilines is 2. The van der Waals surface area contributed by atoms with Crippen LogP contribution in [0.1, 0.15) is 27.7 Å². The number of nitrogens with zero attached hydrogens (tertiary/aromatic N) is 1. The van der Waals surface area contributed by atoms with E-state index < -0.39 is 45.9 Å². The number of ether oxygens (including phenoxy) is 2. The predicted octanol–water partition coefficient (Wildman–Crippen LogP) is 4.20. The molecule has 202 valence electrons. The van der Waals surface area contributed by atoms with E-state index in [1.165, 1.54) is 32.0 Å². The van der Waals surface area contributed by atoms with Crippen LogP contribution in [0.5, 0.6) is 5.75 Å². The average molecular weight is 548 g/mol. The maximum absolute atomic E-state index is 13.6. The maximum Gasteiger partial charge on any atom is 0.427 e. The van der Waals surface area contributed by atoms with Crippen LogP contribution in [0.4, 0.5) is 33.7 Å². The Bertz CT molecular complexity index is 1280. The summed E-state index contributed by atoms with van der Waals surface area (Å²) in [6.45, 7) is 4.13. The van der Waals surface area contributed by atoms with Gasteiger partial charge >= 0.3 is 12.3 Å². The van der Waals surface area contributed by atoms with Gasteiger partial charge < -0.3 is 14.8 Å². The van der Waals surface area contributed by atoms with Crippen LogP contribution in [-0.4, -0.2) is 50.9 Å². The van der Waals surface area contributed by atoms with Gasteiger partial charge in [0.05, 0.1) is 23.2 Å². The third kappa shape index (κ3) is 6.06. The van der Waals surface area contributed by atoms with Crippen molar-refractivity contribution in [1.29, 1.82) is 0 Å². The van der Waals surface area contributed by atoms with Crippen LogP contribution < -0.4 is 19.7 Å². The molecule has 37 heavy (non-hydrogen) atoms. The molecule has 2 amide bonds. The molecule has 0 bridgehead atoms. The van der Waals surface area contributed by atoms with Crippen molar-refractivity contribution in [3.8, 4) is 5.75 Å². The van der Waals surface area contributed by atoms with Gasteiger partial charge in [-0.2, -0.15) is 13.2 Å². The molecule has 1 aliphatic heterocycles. The zero-order valence-corrected chi connectivity index (χ0v) is 21.0. The quantitative estimate of drug-likeness (QED) is 0.525. The average Bonchev–Trinajstić information content (AvgIpc) is 2.76. The summed E-state index contributed by atoms with van der Waals surface area (Å²) in [7, 11) is -4.33. The van der Waals surface area contributed by atoms with E-state index in [0.29, 0.717) is 13.8 Å². The summed E-state index contributed by atoms with van der Waals surface area (Å²) in [5.74, 6) is -0.951. The highest BCUT2D eigenvalue weighted by molar-refractivity contribution is 7.92. The first-order valence-corrected chi connectivity index (χ1v) is 12.4. The molecule has 0 radical (unpaired) electrons. The van der Waals surface area contributed by atoms with E-state index in [4.69, 9.17) is 4.74 Å². The third-order valence-corrected chi connectivity index (χ3v) is 7.50. The minimum Gasteiger partial charge on any atom is -0.484 e. The number of carbonyl (C=O) groups excluding carboxylic acids is 2. The molecule has 0 aromatic heterocycles. The molecule has 2 aromatic carbocycles. The van der Waals surface area contributed by atoms with Crippen molar-refractivity contribution in [2.24, 2.45) is 0 Å². The van der Waals surface area contributed by atoms with Gasteiger partial charge in [0, 0.05) is 12.6 Å². The molecular weight excluding hydrogens is 522 g/mol. The van der Waals surface area contributed by atoms with Crippen molar-refractivity contribution < 1.29 is 45.0 Å². The van der Waals surface area contributed by atoms with Gasteiger partial charge in [0.25, 0.3) is 10.0 Å². The number of benzene rings is 2. The van der Waals surface area contributed by atoms with Gasteiger partial charge in [-0.05, 0) is 63.2 Å². The van der Waals surface area contributed by atoms with Crippen molar-refractivity contribution in [2.45, 2.75) is 56.5 Å². The van der Waals surface area contributed by atoms with Crippen LogP contribution in [-0.2, 0) is 19.6 Å². The molecule has 0 fully saturated rings. The number of nitrogens with one attached hydrogen (secondary N) is 2. The molecule has 2 N–H and O–H groups in total. The standard InChI is InChI=1S/C23H25F4N3O6S/c1-13-20(12-28-14(2)31)35-19-10-7-16(29-21(32)36-22(3,4)23(25,26)27)11-18(19)30(13)37(33,34)17-8-5-15(24)6-9-17/h5-11,13,20H,12H2,1-4H3,(H,28,31)(H,29,32)/t13-,20-/m0/s1. The zero-order chi connectivity index (χ0) is 27.8. The van der Waals surface area contributed by atoms with E-state index in [9.17, 15) is 35.6 Å². The number of amides is 2. The second-order valence-corrected chi connectivity index (χ2v) is 10.6. The lowest BCUT2D eigenvalue weighted by Gasteiger charge is -2.41. The summed E-state index contributed by atoms with van der Waals surface area (Å²) in [6.07, 6.45) is -7.07. The fourth-order valence-corrected chi connectivity index (χ4v) is 5.14. The molecule has 2 atom stereocenters. The lowest BCUT2D eigenvalue weighted by Crippen LogP contribution is -2.54. The number of hydrogen-bond acceptors (Lipinski definition) is 6. The normalized spacial score (nSPS) is 17.9. The Morgan fingerprint density at radius 3 is 2.30 bits per heavy atom. The second kappa shape index (κ2) is 10.1. The summed E-state index contributed by atoms with van der Waals surface area (Å²) in [5.41, 5.74) is -2.89. The predicted molar refractivity (Wildman–Crippen MR) is 125 cm³/mol. The third-order valence-electron chi connectivity index (χ3n) is 5.58. The Balaban J connectivity index is 2.00. The van der Waals surface area contributed by atoms with Crippen LogP contribution >= 0.6 is 0 Å². The van der Waals surface area contributed by atoms with Gasteiger partial charge in [-0.15, -0.1) is 0 Å². The van der Waals surface area contributed by atoms with E-state index in [0.717, 1.165) is 28.6 Å². The second-order valence-electron chi connectivity index (χ2n) is 8.79. The van der Waals surface area contributed by atoms with Crippen molar-refractivity contribution in [3.63, 3.8) is 0 Å². The maximum atomic E-state index is 13.6. The van der Waals surface area contributed by atoms with Crippen molar-refractivity contribution in [3.05, 3.63) is 48.3 Å². The Labute approximate surface area is 210 Å². The number of sulfonamides is 1. The molecule has 0 saturated carbocycles. The lowest BCUT2D eigenvalue weighted by molar-refractivity contribution is -0.242. The highest BCUT2D eigenvalue weighted by Gasteiger charge is 2.51. The van der Waals surface area contributed by atoms with Crippen molar-refractivity contribution in [2.75, 3.05) is 16.2 Å². The Hall–Kier alpha value is -3.55. The molecule has 0 spiro atoms. The van der Waals surface area contributed by atoms with Crippen LogP contribution in [0.3, 0.4) is 0 Å². The summed E-state index contributed by atoms with van der Waals surface area (Å²) in [6, 6.07) is 7.01. The Kier molecular flexibility index (Phi) is 7.63. The first-order valence-electron chi connectivity index (χ1n) is 10.9. The van der Waals surface area contributed by atoms with E-state index in [-0.39, 0.29) is 34.5 Å². The summed E-state index contributed by atoms with van der Waals surface area (Å²) >= 11 is 0. The Morgan fingerprint density at radius 1 is 1.11 bits per heavy atom. The van der Waals surface area contributed by atoms with Gasteiger partial charge in [0.2, 0.25) is 11.5 Å². The van der Waals surface area contributed by atoms with Crippen LogP contribution in [0.25, 0.3) is 0 Å². The van der Waals surface area contributed by atoms with Crippen LogP contribution in [0.2, 0.25) is 0 Å². The SMILES string of the molecule is CC(=O)NC[C@@H]1Oc2ccc(NC(=O)OC(C)(C)C(F)(F)F)cc2N(S(=O)(=O)c2ccc(F)cc2)[C@H]1C. The number of alkyl halides is 3. The number of halogens is 4. The highest BCUT2D eigenvalue weighted by Crippen LogP contribution is 2.41. The van der Waals surface area contributed by atoms with E-state index in [1.807, 2.05) is 0 Å². The van der Waals surface area contributed by atoms with E-state index >= 15 is 0 Å².